The number of carbonyl (C=O) groups is 1. The second-order valence-corrected chi connectivity index (χ2v) is 3.32. The lowest BCUT2D eigenvalue weighted by molar-refractivity contribution is 0.0652. The van der Waals surface area contributed by atoms with Gasteiger partial charge in [0.15, 0.2) is 0 Å². The monoisotopic (exact) mass is 217 g/mol. The summed E-state index contributed by atoms with van der Waals surface area (Å²) in [7, 11) is 0. The van der Waals surface area contributed by atoms with E-state index in [4.69, 9.17) is 9.52 Å². The van der Waals surface area contributed by atoms with E-state index in [1.165, 1.54) is 0 Å². The lowest BCUT2D eigenvalue weighted by Crippen LogP contribution is -1.95. The van der Waals surface area contributed by atoms with E-state index in [-0.39, 0.29) is 5.89 Å². The topological polar surface area (TPSA) is 63.3 Å². The third-order valence-electron chi connectivity index (χ3n) is 2.25. The van der Waals surface area contributed by atoms with Crippen molar-refractivity contribution in [3.8, 4) is 11.3 Å². The molecule has 0 saturated heterocycles. The van der Waals surface area contributed by atoms with Crippen molar-refractivity contribution in [3.63, 3.8) is 0 Å². The Morgan fingerprint density at radius 3 is 2.62 bits per heavy atom. The van der Waals surface area contributed by atoms with Gasteiger partial charge in [-0.2, -0.15) is 0 Å². The predicted molar refractivity (Wildman–Crippen MR) is 58.3 cm³/mol. The van der Waals surface area contributed by atoms with Crippen LogP contribution in [0.5, 0.6) is 0 Å². The summed E-state index contributed by atoms with van der Waals surface area (Å²) in [4.78, 5) is 14.7. The molecule has 1 aromatic carbocycles. The fraction of sp³-hybridized carbons (Fsp3) is 0.167. The zero-order valence-electron chi connectivity index (χ0n) is 8.80. The van der Waals surface area contributed by atoms with Gasteiger partial charge in [0.25, 0.3) is 0 Å². The first-order valence-electron chi connectivity index (χ1n) is 5.00. The van der Waals surface area contributed by atoms with Crippen LogP contribution in [0.1, 0.15) is 23.4 Å². The fourth-order valence-corrected chi connectivity index (χ4v) is 1.50. The molecule has 0 aliphatic heterocycles. The molecule has 2 aromatic rings. The van der Waals surface area contributed by atoms with Gasteiger partial charge in [-0.1, -0.05) is 37.3 Å². The van der Waals surface area contributed by atoms with Crippen LogP contribution in [0, 0.1) is 0 Å². The average Bonchev–Trinajstić information content (AvgIpc) is 2.74. The molecule has 1 heterocycles. The molecule has 0 fully saturated rings. The first-order chi connectivity index (χ1) is 7.72. The van der Waals surface area contributed by atoms with Crippen molar-refractivity contribution in [2.24, 2.45) is 0 Å². The molecule has 0 amide bonds. The number of rotatable bonds is 3. The Morgan fingerprint density at radius 1 is 1.38 bits per heavy atom. The van der Waals surface area contributed by atoms with E-state index in [1.54, 1.807) is 0 Å². The Morgan fingerprint density at radius 2 is 2.06 bits per heavy atom. The van der Waals surface area contributed by atoms with E-state index in [1.807, 2.05) is 37.3 Å². The predicted octanol–water partition coefficient (Wildman–Crippen LogP) is 2.60. The summed E-state index contributed by atoms with van der Waals surface area (Å²) in [5, 5.41) is 8.81. The third-order valence-corrected chi connectivity index (χ3v) is 2.25. The molecule has 1 N–H and O–H groups in total. The number of aromatic carboxylic acids is 1. The summed E-state index contributed by atoms with van der Waals surface area (Å²) in [6, 6.07) is 9.41. The number of carboxylic acid groups (broad SMARTS) is 1. The number of benzene rings is 1. The Kier molecular flexibility index (Phi) is 2.72. The van der Waals surface area contributed by atoms with Crippen molar-refractivity contribution in [1.29, 1.82) is 0 Å². The van der Waals surface area contributed by atoms with Gasteiger partial charge in [0.2, 0.25) is 0 Å². The van der Waals surface area contributed by atoms with Crippen molar-refractivity contribution in [3.05, 3.63) is 42.0 Å². The number of oxazole rings is 1. The van der Waals surface area contributed by atoms with Crippen molar-refractivity contribution in [1.82, 2.24) is 4.98 Å². The van der Waals surface area contributed by atoms with E-state index < -0.39 is 5.97 Å². The smallest absolute Gasteiger partial charge is 0.392 e. The molecule has 82 valence electrons. The maximum atomic E-state index is 10.8. The molecular formula is C12H11NO3. The molecule has 1 aromatic heterocycles. The largest absolute Gasteiger partial charge is 0.474 e. The van der Waals surface area contributed by atoms with Crippen LogP contribution in [-0.4, -0.2) is 16.1 Å². The molecule has 4 nitrogen and oxygen atoms in total. The Bertz CT molecular complexity index is 502. The average molecular weight is 217 g/mol. The van der Waals surface area contributed by atoms with Crippen molar-refractivity contribution in [2.45, 2.75) is 13.3 Å². The van der Waals surface area contributed by atoms with Gasteiger partial charge in [-0.05, 0) is 0 Å². The normalized spacial score (nSPS) is 10.3. The van der Waals surface area contributed by atoms with Crippen molar-refractivity contribution >= 4 is 5.97 Å². The highest BCUT2D eigenvalue weighted by molar-refractivity contribution is 5.83. The van der Waals surface area contributed by atoms with Gasteiger partial charge in [0.05, 0.1) is 0 Å². The van der Waals surface area contributed by atoms with Crippen LogP contribution in [0.2, 0.25) is 0 Å². The second-order valence-electron chi connectivity index (χ2n) is 3.32. The molecule has 2 rings (SSSR count). The molecule has 16 heavy (non-hydrogen) atoms. The van der Waals surface area contributed by atoms with Gasteiger partial charge < -0.3 is 9.52 Å². The fourth-order valence-electron chi connectivity index (χ4n) is 1.50. The van der Waals surface area contributed by atoms with Crippen LogP contribution in [0.3, 0.4) is 0 Å². The standard InChI is InChI=1S/C12H11NO3/c1-2-9-10(8-6-4-3-5-7-8)13-11(16-9)12(14)15/h3-7H,2H2,1H3,(H,14,15). The van der Waals surface area contributed by atoms with Crippen LogP contribution in [-0.2, 0) is 6.42 Å². The summed E-state index contributed by atoms with van der Waals surface area (Å²) >= 11 is 0. The molecule has 0 bridgehead atoms. The van der Waals surface area contributed by atoms with Gasteiger partial charge in [-0.3, -0.25) is 0 Å². The van der Waals surface area contributed by atoms with E-state index in [0.717, 1.165) is 5.56 Å². The first kappa shape index (κ1) is 10.4. The highest BCUT2D eigenvalue weighted by Gasteiger charge is 2.17. The quantitative estimate of drug-likeness (QED) is 0.858. The lowest BCUT2D eigenvalue weighted by atomic mass is 10.1. The van der Waals surface area contributed by atoms with Gasteiger partial charge in [-0.25, -0.2) is 9.78 Å². The van der Waals surface area contributed by atoms with Crippen LogP contribution in [0.15, 0.2) is 34.7 Å². The maximum Gasteiger partial charge on any atom is 0.392 e. The lowest BCUT2D eigenvalue weighted by Gasteiger charge is -1.96. The minimum atomic E-state index is -1.14. The summed E-state index contributed by atoms with van der Waals surface area (Å²) < 4.78 is 5.17. The van der Waals surface area contributed by atoms with Gasteiger partial charge in [0.1, 0.15) is 11.5 Å². The molecule has 0 saturated carbocycles. The van der Waals surface area contributed by atoms with Crippen molar-refractivity contribution in [2.75, 3.05) is 0 Å². The Labute approximate surface area is 92.6 Å². The first-order valence-corrected chi connectivity index (χ1v) is 5.00. The molecule has 0 aliphatic carbocycles. The summed E-state index contributed by atoms with van der Waals surface area (Å²) in [6.07, 6.45) is 0.616. The minimum absolute atomic E-state index is 0.254. The van der Waals surface area contributed by atoms with Gasteiger partial charge in [-0.15, -0.1) is 0 Å². The number of aromatic nitrogens is 1. The molecule has 0 unspecified atom stereocenters. The molecular weight excluding hydrogens is 206 g/mol. The van der Waals surface area contributed by atoms with Crippen LogP contribution < -0.4 is 0 Å². The zero-order chi connectivity index (χ0) is 11.5. The third kappa shape index (κ3) is 1.82. The highest BCUT2D eigenvalue weighted by Crippen LogP contribution is 2.24. The Balaban J connectivity index is 2.52. The molecule has 0 atom stereocenters. The molecule has 4 heteroatoms. The number of nitrogens with zero attached hydrogens (tertiary/aromatic N) is 1. The highest BCUT2D eigenvalue weighted by atomic mass is 16.4. The van der Waals surface area contributed by atoms with E-state index >= 15 is 0 Å². The van der Waals surface area contributed by atoms with Gasteiger partial charge in [0, 0.05) is 12.0 Å². The van der Waals surface area contributed by atoms with E-state index in [2.05, 4.69) is 4.98 Å². The van der Waals surface area contributed by atoms with Crippen LogP contribution >= 0.6 is 0 Å². The number of hydrogen-bond acceptors (Lipinski definition) is 3. The van der Waals surface area contributed by atoms with Crippen LogP contribution in [0.4, 0.5) is 0 Å². The number of hydrogen-bond donors (Lipinski definition) is 1. The summed E-state index contributed by atoms with van der Waals surface area (Å²) in [5.41, 5.74) is 1.48. The Hall–Kier alpha value is -2.10. The summed E-state index contributed by atoms with van der Waals surface area (Å²) in [6.45, 7) is 1.90. The van der Waals surface area contributed by atoms with Crippen molar-refractivity contribution < 1.29 is 14.3 Å². The molecule has 0 radical (unpaired) electrons. The zero-order valence-corrected chi connectivity index (χ0v) is 8.80. The molecule has 0 spiro atoms. The second kappa shape index (κ2) is 4.18. The number of aryl methyl sites for hydroxylation is 1. The number of carboxylic acids is 1. The SMILES string of the molecule is CCc1oc(C(=O)O)nc1-c1ccccc1. The van der Waals surface area contributed by atoms with E-state index in [9.17, 15) is 4.79 Å². The van der Waals surface area contributed by atoms with Gasteiger partial charge >= 0.3 is 11.9 Å². The molecule has 0 aliphatic rings. The minimum Gasteiger partial charge on any atom is -0.474 e. The maximum absolute atomic E-state index is 10.8. The van der Waals surface area contributed by atoms with E-state index in [0.29, 0.717) is 17.9 Å². The van der Waals surface area contributed by atoms with Crippen LogP contribution in [0.25, 0.3) is 11.3 Å². The summed E-state index contributed by atoms with van der Waals surface area (Å²) in [5.74, 6) is -0.795.